The largest absolute Gasteiger partial charge is 0.485 e. The third-order valence-electron chi connectivity index (χ3n) is 5.46. The summed E-state index contributed by atoms with van der Waals surface area (Å²) in [6, 6.07) is 27.7. The van der Waals surface area contributed by atoms with Crippen LogP contribution in [0.5, 0.6) is 5.75 Å². The highest BCUT2D eigenvalue weighted by molar-refractivity contribution is 7.99. The maximum absolute atomic E-state index is 12.9. The minimum absolute atomic E-state index is 0.0638. The van der Waals surface area contributed by atoms with Crippen LogP contribution >= 0.6 is 11.8 Å². The van der Waals surface area contributed by atoms with Gasteiger partial charge >= 0.3 is 0 Å². The van der Waals surface area contributed by atoms with Gasteiger partial charge in [0, 0.05) is 6.54 Å². The molecule has 0 radical (unpaired) electrons. The molecule has 1 aromatic heterocycles. The third kappa shape index (κ3) is 5.85. The summed E-state index contributed by atoms with van der Waals surface area (Å²) in [4.78, 5) is 12.9. The molecule has 0 saturated carbocycles. The van der Waals surface area contributed by atoms with Crippen LogP contribution in [0.1, 0.15) is 35.5 Å². The molecule has 0 aliphatic rings. The number of para-hydroxylation sites is 1. The molecule has 0 fully saturated rings. The fraction of sp³-hybridized carbons (Fsp3) is 0.222. The zero-order valence-electron chi connectivity index (χ0n) is 19.3. The molecule has 0 aliphatic heterocycles. The van der Waals surface area contributed by atoms with Crippen LogP contribution in [-0.2, 0) is 17.9 Å². The first-order chi connectivity index (χ1) is 16.7. The van der Waals surface area contributed by atoms with E-state index in [-0.39, 0.29) is 17.7 Å². The van der Waals surface area contributed by atoms with Crippen molar-refractivity contribution in [2.45, 2.75) is 38.2 Å². The first-order valence-electron chi connectivity index (χ1n) is 11.3. The Morgan fingerprint density at radius 1 is 0.941 bits per heavy atom. The van der Waals surface area contributed by atoms with Gasteiger partial charge in [0.25, 0.3) is 0 Å². The number of nitrogens with one attached hydrogen (secondary N) is 1. The van der Waals surface area contributed by atoms with Gasteiger partial charge in [-0.3, -0.25) is 4.79 Å². The second-order valence-corrected chi connectivity index (χ2v) is 8.75. The summed E-state index contributed by atoms with van der Waals surface area (Å²) in [5, 5.41) is 12.5. The lowest BCUT2D eigenvalue weighted by Crippen LogP contribution is -2.30. The Morgan fingerprint density at radius 3 is 2.18 bits per heavy atom. The van der Waals surface area contributed by atoms with E-state index < -0.39 is 0 Å². The topological polar surface area (TPSA) is 69.0 Å². The Kier molecular flexibility index (Phi) is 7.99. The van der Waals surface area contributed by atoms with Crippen molar-refractivity contribution in [2.75, 3.05) is 5.75 Å². The summed E-state index contributed by atoms with van der Waals surface area (Å²) in [5.41, 5.74) is 3.15. The molecule has 174 valence electrons. The monoisotopic (exact) mass is 472 g/mol. The van der Waals surface area contributed by atoms with Gasteiger partial charge in [-0.05, 0) is 36.6 Å². The van der Waals surface area contributed by atoms with Crippen LogP contribution in [0, 0.1) is 6.92 Å². The maximum Gasteiger partial charge on any atom is 0.231 e. The lowest BCUT2D eigenvalue weighted by molar-refractivity contribution is -0.119. The number of amides is 1. The van der Waals surface area contributed by atoms with Crippen LogP contribution in [0.2, 0.25) is 0 Å². The smallest absolute Gasteiger partial charge is 0.231 e. The van der Waals surface area contributed by atoms with Crippen molar-refractivity contribution >= 4 is 17.7 Å². The zero-order valence-corrected chi connectivity index (χ0v) is 20.2. The van der Waals surface area contributed by atoms with E-state index in [1.807, 2.05) is 103 Å². The molecule has 6 nitrogen and oxygen atoms in total. The molecule has 34 heavy (non-hydrogen) atoms. The van der Waals surface area contributed by atoms with Crippen LogP contribution in [0.4, 0.5) is 0 Å². The van der Waals surface area contributed by atoms with Crippen molar-refractivity contribution in [3.05, 3.63) is 107 Å². The Hall–Kier alpha value is -3.58. The van der Waals surface area contributed by atoms with Gasteiger partial charge in [0.15, 0.2) is 11.0 Å². The van der Waals surface area contributed by atoms with E-state index in [0.717, 1.165) is 28.3 Å². The second kappa shape index (κ2) is 11.5. The average Bonchev–Trinajstić information content (AvgIpc) is 3.28. The van der Waals surface area contributed by atoms with Gasteiger partial charge in [-0.2, -0.15) is 0 Å². The standard InChI is InChI=1S/C27H28N4O2S/c1-3-31-24(18-33-23-17-11-10-12-20(23)2)29-30-27(31)34-19-25(32)28-26(21-13-6-4-7-14-21)22-15-8-5-9-16-22/h4-17,26H,3,18-19H2,1-2H3,(H,28,32). The molecule has 4 aromatic rings. The number of carbonyl (C=O) groups is 1. The molecule has 0 unspecified atom stereocenters. The summed E-state index contributed by atoms with van der Waals surface area (Å²) >= 11 is 1.38. The van der Waals surface area contributed by atoms with Crippen molar-refractivity contribution < 1.29 is 9.53 Å². The summed E-state index contributed by atoms with van der Waals surface area (Å²) in [6.07, 6.45) is 0. The number of aromatic nitrogens is 3. The summed E-state index contributed by atoms with van der Waals surface area (Å²) < 4.78 is 7.93. The molecular formula is C27H28N4O2S. The highest BCUT2D eigenvalue weighted by Crippen LogP contribution is 2.24. The van der Waals surface area contributed by atoms with Crippen LogP contribution in [0.15, 0.2) is 90.1 Å². The van der Waals surface area contributed by atoms with E-state index in [1.165, 1.54) is 11.8 Å². The molecule has 7 heteroatoms. The Morgan fingerprint density at radius 2 is 1.56 bits per heavy atom. The second-order valence-electron chi connectivity index (χ2n) is 7.81. The van der Waals surface area contributed by atoms with E-state index in [4.69, 9.17) is 4.74 Å². The fourth-order valence-corrected chi connectivity index (χ4v) is 4.53. The van der Waals surface area contributed by atoms with Gasteiger partial charge in [0.2, 0.25) is 5.91 Å². The minimum atomic E-state index is -0.211. The molecule has 0 bridgehead atoms. The molecule has 3 aromatic carbocycles. The first kappa shape index (κ1) is 23.6. The fourth-order valence-electron chi connectivity index (χ4n) is 3.69. The number of aryl methyl sites for hydroxylation is 1. The first-order valence-corrected chi connectivity index (χ1v) is 12.3. The number of benzene rings is 3. The SMILES string of the molecule is CCn1c(COc2ccccc2C)nnc1SCC(=O)NC(c1ccccc1)c1ccccc1. The van der Waals surface area contributed by atoms with Gasteiger partial charge < -0.3 is 14.6 Å². The number of ether oxygens (including phenoxy) is 1. The molecule has 1 amide bonds. The van der Waals surface area contributed by atoms with Crippen molar-refractivity contribution in [2.24, 2.45) is 0 Å². The maximum atomic E-state index is 12.9. The van der Waals surface area contributed by atoms with E-state index in [0.29, 0.717) is 18.3 Å². The number of hydrogen-bond acceptors (Lipinski definition) is 5. The summed E-state index contributed by atoms with van der Waals surface area (Å²) in [5.74, 6) is 1.74. The lowest BCUT2D eigenvalue weighted by Gasteiger charge is -2.20. The van der Waals surface area contributed by atoms with Crippen LogP contribution in [0.3, 0.4) is 0 Å². The Labute approximate surface area is 204 Å². The Balaban J connectivity index is 1.40. The molecule has 0 spiro atoms. The van der Waals surface area contributed by atoms with Crippen molar-refractivity contribution in [1.29, 1.82) is 0 Å². The number of carbonyl (C=O) groups excluding carboxylic acids is 1. The molecule has 0 aliphatic carbocycles. The van der Waals surface area contributed by atoms with Crippen molar-refractivity contribution in [1.82, 2.24) is 20.1 Å². The highest BCUT2D eigenvalue weighted by Gasteiger charge is 2.18. The zero-order chi connectivity index (χ0) is 23.8. The quantitative estimate of drug-likeness (QED) is 0.322. The van der Waals surface area contributed by atoms with E-state index in [9.17, 15) is 4.79 Å². The number of nitrogens with zero attached hydrogens (tertiary/aromatic N) is 3. The summed E-state index contributed by atoms with van der Waals surface area (Å²) in [6.45, 7) is 5.06. The molecule has 0 atom stereocenters. The number of hydrogen-bond donors (Lipinski definition) is 1. The molecule has 1 N–H and O–H groups in total. The molecule has 0 saturated heterocycles. The normalized spacial score (nSPS) is 10.9. The van der Waals surface area contributed by atoms with E-state index in [2.05, 4.69) is 15.5 Å². The van der Waals surface area contributed by atoms with Crippen molar-refractivity contribution in [3.63, 3.8) is 0 Å². The highest BCUT2D eigenvalue weighted by atomic mass is 32.2. The summed E-state index contributed by atoms with van der Waals surface area (Å²) in [7, 11) is 0. The average molecular weight is 473 g/mol. The van der Waals surface area contributed by atoms with Gasteiger partial charge in [-0.1, -0.05) is 90.6 Å². The van der Waals surface area contributed by atoms with E-state index in [1.54, 1.807) is 0 Å². The predicted molar refractivity (Wildman–Crippen MR) is 135 cm³/mol. The van der Waals surface area contributed by atoms with E-state index >= 15 is 0 Å². The lowest BCUT2D eigenvalue weighted by atomic mass is 9.99. The molecule has 1 heterocycles. The third-order valence-corrected chi connectivity index (χ3v) is 6.43. The van der Waals surface area contributed by atoms with Crippen LogP contribution in [-0.4, -0.2) is 26.4 Å². The number of thioether (sulfide) groups is 1. The molecule has 4 rings (SSSR count). The van der Waals surface area contributed by atoms with Gasteiger partial charge in [0.05, 0.1) is 11.8 Å². The Bertz CT molecular complexity index is 1170. The van der Waals surface area contributed by atoms with Crippen molar-refractivity contribution in [3.8, 4) is 5.75 Å². The molecular weight excluding hydrogens is 444 g/mol. The predicted octanol–water partition coefficient (Wildman–Crippen LogP) is 5.18. The van der Waals surface area contributed by atoms with Crippen LogP contribution in [0.25, 0.3) is 0 Å². The van der Waals surface area contributed by atoms with Gasteiger partial charge in [0.1, 0.15) is 12.4 Å². The number of rotatable bonds is 10. The van der Waals surface area contributed by atoms with Gasteiger partial charge in [-0.25, -0.2) is 0 Å². The van der Waals surface area contributed by atoms with Gasteiger partial charge in [-0.15, -0.1) is 10.2 Å². The minimum Gasteiger partial charge on any atom is -0.485 e. The van der Waals surface area contributed by atoms with Crippen LogP contribution < -0.4 is 10.1 Å².